The van der Waals surface area contributed by atoms with Crippen LogP contribution >= 0.6 is 0 Å². The summed E-state index contributed by atoms with van der Waals surface area (Å²) in [6.07, 6.45) is 1.42. The first-order valence-corrected chi connectivity index (χ1v) is 11.5. The van der Waals surface area contributed by atoms with E-state index in [9.17, 15) is 19.2 Å². The summed E-state index contributed by atoms with van der Waals surface area (Å²) < 4.78 is 18.6. The molecule has 0 aliphatic heterocycles. The quantitative estimate of drug-likeness (QED) is 0.337. The van der Waals surface area contributed by atoms with Crippen molar-refractivity contribution in [2.45, 2.75) is 60.9 Å². The Balaban J connectivity index is 2.58. The zero-order chi connectivity index (χ0) is 25.9. The molecule has 0 radical (unpaired) electrons. The third-order valence-corrected chi connectivity index (χ3v) is 5.32. The first-order valence-electron chi connectivity index (χ1n) is 11.5. The maximum absolute atomic E-state index is 12.6. The second-order valence-corrected chi connectivity index (χ2v) is 8.23. The summed E-state index contributed by atoms with van der Waals surface area (Å²) >= 11 is 0. The van der Waals surface area contributed by atoms with Crippen molar-refractivity contribution in [3.8, 4) is 17.2 Å². The van der Waals surface area contributed by atoms with Gasteiger partial charge in [0.15, 0.2) is 11.5 Å². The van der Waals surface area contributed by atoms with Crippen molar-refractivity contribution in [1.82, 2.24) is 4.57 Å². The van der Waals surface area contributed by atoms with Gasteiger partial charge < -0.3 is 23.7 Å². The Kier molecular flexibility index (Phi) is 7.78. The van der Waals surface area contributed by atoms with Gasteiger partial charge in [-0.05, 0) is 31.0 Å². The Morgan fingerprint density at radius 1 is 0.857 bits per heavy atom. The third kappa shape index (κ3) is 5.29. The molecule has 1 amide bonds. The van der Waals surface area contributed by atoms with E-state index in [0.29, 0.717) is 47.2 Å². The lowest BCUT2D eigenvalue weighted by Gasteiger charge is -2.24. The molecule has 0 saturated carbocycles. The number of anilines is 1. The van der Waals surface area contributed by atoms with Crippen molar-refractivity contribution in [1.29, 1.82) is 0 Å². The van der Waals surface area contributed by atoms with E-state index < -0.39 is 17.9 Å². The van der Waals surface area contributed by atoms with Crippen LogP contribution in [-0.2, 0) is 25.7 Å². The van der Waals surface area contributed by atoms with Crippen LogP contribution in [0.1, 0.15) is 54.4 Å². The van der Waals surface area contributed by atoms with E-state index in [1.165, 1.54) is 32.6 Å². The molecule has 35 heavy (non-hydrogen) atoms. The third-order valence-electron chi connectivity index (χ3n) is 5.32. The number of esters is 3. The first kappa shape index (κ1) is 25.7. The highest BCUT2D eigenvalue weighted by Crippen LogP contribution is 2.48. The number of hydrogen-bond acceptors (Lipinski definition) is 7. The van der Waals surface area contributed by atoms with E-state index in [0.717, 1.165) is 11.9 Å². The maximum Gasteiger partial charge on any atom is 0.308 e. The largest absolute Gasteiger partial charge is 0.427 e. The lowest BCUT2D eigenvalue weighted by Crippen LogP contribution is -2.30. The van der Waals surface area contributed by atoms with E-state index in [1.54, 1.807) is 24.3 Å². The molecule has 0 spiro atoms. The monoisotopic (exact) mass is 482 g/mol. The van der Waals surface area contributed by atoms with Gasteiger partial charge in [-0.3, -0.25) is 19.2 Å². The SMILES string of the molecule is CCCN(C(C)=O)c1cc(OC(C)=O)c2c(c1OC(C)=O)c1cc(OC(C)=O)ccc1n2CCC. The van der Waals surface area contributed by atoms with Gasteiger partial charge in [0.1, 0.15) is 5.75 Å². The molecule has 186 valence electrons. The Labute approximate surface area is 203 Å². The van der Waals surface area contributed by atoms with Crippen LogP contribution in [0.3, 0.4) is 0 Å². The summed E-state index contributed by atoms with van der Waals surface area (Å²) in [4.78, 5) is 50.0. The number of aromatic nitrogens is 1. The lowest BCUT2D eigenvalue weighted by molar-refractivity contribution is -0.132. The molecule has 0 atom stereocenters. The molecule has 2 aromatic carbocycles. The number of fused-ring (bicyclic) bond motifs is 3. The topological polar surface area (TPSA) is 104 Å². The Hall–Kier alpha value is -3.88. The van der Waals surface area contributed by atoms with E-state index in [-0.39, 0.29) is 17.4 Å². The molecular formula is C26H30N2O7. The predicted molar refractivity (Wildman–Crippen MR) is 132 cm³/mol. The minimum Gasteiger partial charge on any atom is -0.427 e. The molecule has 9 heteroatoms. The molecule has 1 heterocycles. The van der Waals surface area contributed by atoms with Gasteiger partial charge in [-0.1, -0.05) is 13.8 Å². The van der Waals surface area contributed by atoms with Gasteiger partial charge in [-0.2, -0.15) is 0 Å². The molecule has 3 rings (SSSR count). The Morgan fingerprint density at radius 2 is 1.51 bits per heavy atom. The number of aryl methyl sites for hydroxylation is 1. The van der Waals surface area contributed by atoms with E-state index in [1.807, 2.05) is 18.4 Å². The molecule has 0 bridgehead atoms. The van der Waals surface area contributed by atoms with Crippen LogP contribution in [0.2, 0.25) is 0 Å². The highest BCUT2D eigenvalue weighted by Gasteiger charge is 2.28. The Bertz CT molecular complexity index is 1320. The molecule has 0 saturated heterocycles. The minimum atomic E-state index is -0.569. The van der Waals surface area contributed by atoms with Gasteiger partial charge in [-0.25, -0.2) is 0 Å². The Morgan fingerprint density at radius 3 is 2.06 bits per heavy atom. The first-order chi connectivity index (χ1) is 16.6. The fourth-order valence-electron chi connectivity index (χ4n) is 4.24. The second kappa shape index (κ2) is 10.6. The predicted octanol–water partition coefficient (Wildman–Crippen LogP) is 4.74. The van der Waals surface area contributed by atoms with Gasteiger partial charge in [0.25, 0.3) is 0 Å². The van der Waals surface area contributed by atoms with E-state index in [4.69, 9.17) is 14.2 Å². The summed E-state index contributed by atoms with van der Waals surface area (Å²) in [6.45, 7) is 10.2. The zero-order valence-corrected chi connectivity index (χ0v) is 20.9. The summed E-state index contributed by atoms with van der Waals surface area (Å²) in [6, 6.07) is 6.72. The van der Waals surface area contributed by atoms with Crippen LogP contribution in [0.25, 0.3) is 21.8 Å². The number of amides is 1. The molecule has 0 unspecified atom stereocenters. The number of carbonyl (C=O) groups excluding carboxylic acids is 4. The van der Waals surface area contributed by atoms with Crippen LogP contribution < -0.4 is 19.1 Å². The number of hydrogen-bond donors (Lipinski definition) is 0. The molecule has 9 nitrogen and oxygen atoms in total. The highest BCUT2D eigenvalue weighted by atomic mass is 16.5. The number of rotatable bonds is 8. The molecular weight excluding hydrogens is 452 g/mol. The second-order valence-electron chi connectivity index (χ2n) is 8.23. The fourth-order valence-corrected chi connectivity index (χ4v) is 4.24. The van der Waals surface area contributed by atoms with Crippen LogP contribution in [-0.4, -0.2) is 34.9 Å². The van der Waals surface area contributed by atoms with E-state index in [2.05, 4.69) is 0 Å². The van der Waals surface area contributed by atoms with Crippen LogP contribution in [0.4, 0.5) is 5.69 Å². The van der Waals surface area contributed by atoms with E-state index >= 15 is 0 Å². The summed E-state index contributed by atoms with van der Waals surface area (Å²) in [5.41, 5.74) is 1.62. The van der Waals surface area contributed by atoms with Gasteiger partial charge in [0, 0.05) is 57.8 Å². The standard InChI is InChI=1S/C26H30N2O7/c1-7-11-27(15(3)29)22-14-23(34-17(5)31)25-24(26(22)35-18(6)32)20-13-19(33-16(4)30)9-10-21(20)28(25)12-8-2/h9-10,13-14H,7-8,11-12H2,1-6H3. The van der Waals surface area contributed by atoms with Gasteiger partial charge in [-0.15, -0.1) is 0 Å². The van der Waals surface area contributed by atoms with Crippen molar-refractivity contribution >= 4 is 51.3 Å². The zero-order valence-electron chi connectivity index (χ0n) is 20.9. The minimum absolute atomic E-state index is 0.173. The summed E-state index contributed by atoms with van der Waals surface area (Å²) in [7, 11) is 0. The maximum atomic E-state index is 12.6. The molecule has 0 N–H and O–H groups in total. The van der Waals surface area contributed by atoms with Crippen molar-refractivity contribution in [2.24, 2.45) is 0 Å². The van der Waals surface area contributed by atoms with Crippen LogP contribution in [0.15, 0.2) is 24.3 Å². The number of nitrogens with zero attached hydrogens (tertiary/aromatic N) is 2. The molecule has 0 fully saturated rings. The number of benzene rings is 2. The van der Waals surface area contributed by atoms with Crippen molar-refractivity contribution in [2.75, 3.05) is 11.4 Å². The lowest BCUT2D eigenvalue weighted by atomic mass is 10.1. The van der Waals surface area contributed by atoms with Crippen LogP contribution in [0, 0.1) is 0 Å². The molecule has 0 aliphatic rings. The molecule has 0 aliphatic carbocycles. The van der Waals surface area contributed by atoms with Crippen molar-refractivity contribution < 1.29 is 33.4 Å². The highest BCUT2D eigenvalue weighted by molar-refractivity contribution is 6.17. The van der Waals surface area contributed by atoms with Crippen molar-refractivity contribution in [3.63, 3.8) is 0 Å². The van der Waals surface area contributed by atoms with Crippen LogP contribution in [0.5, 0.6) is 17.2 Å². The summed E-state index contributed by atoms with van der Waals surface area (Å²) in [5.74, 6) is -1.12. The molecule has 3 aromatic rings. The van der Waals surface area contributed by atoms with Gasteiger partial charge >= 0.3 is 17.9 Å². The summed E-state index contributed by atoms with van der Waals surface area (Å²) in [5, 5.41) is 1.10. The smallest absolute Gasteiger partial charge is 0.308 e. The molecule has 1 aromatic heterocycles. The van der Waals surface area contributed by atoms with Gasteiger partial charge in [0.2, 0.25) is 5.91 Å². The normalized spacial score (nSPS) is 10.9. The average molecular weight is 483 g/mol. The van der Waals surface area contributed by atoms with Gasteiger partial charge in [0.05, 0.1) is 16.6 Å². The average Bonchev–Trinajstić information content (AvgIpc) is 3.07. The number of ether oxygens (including phenoxy) is 3. The fraction of sp³-hybridized carbons (Fsp3) is 0.385. The number of carbonyl (C=O) groups is 4. The van der Waals surface area contributed by atoms with Crippen molar-refractivity contribution in [3.05, 3.63) is 24.3 Å².